The molecule has 1 N–H and O–H groups in total. The monoisotopic (exact) mass is 264 g/mol. The summed E-state index contributed by atoms with van der Waals surface area (Å²) in [5.74, 6) is 0.871. The first-order chi connectivity index (χ1) is 8.86. The number of nitrogens with one attached hydrogen (secondary N) is 1. The molecule has 0 amide bonds. The van der Waals surface area contributed by atoms with Crippen LogP contribution in [0.3, 0.4) is 0 Å². The van der Waals surface area contributed by atoms with Gasteiger partial charge in [-0.25, -0.2) is 0 Å². The summed E-state index contributed by atoms with van der Waals surface area (Å²) in [4.78, 5) is 4.27. The quantitative estimate of drug-likeness (QED) is 0.849. The van der Waals surface area contributed by atoms with Crippen molar-refractivity contribution in [2.75, 3.05) is 13.6 Å². The zero-order valence-corrected chi connectivity index (χ0v) is 12.1. The molecule has 1 aromatic rings. The third-order valence-corrected chi connectivity index (χ3v) is 5.36. The first-order valence-electron chi connectivity index (χ1n) is 7.30. The average molecular weight is 264 g/mol. The van der Waals surface area contributed by atoms with E-state index in [-0.39, 0.29) is 0 Å². The van der Waals surface area contributed by atoms with Crippen LogP contribution in [0.15, 0.2) is 17.5 Å². The fourth-order valence-corrected chi connectivity index (χ4v) is 4.05. The molecule has 0 saturated heterocycles. The summed E-state index contributed by atoms with van der Waals surface area (Å²) in [7, 11) is 2.13. The van der Waals surface area contributed by atoms with Gasteiger partial charge in [0.2, 0.25) is 0 Å². The summed E-state index contributed by atoms with van der Waals surface area (Å²) >= 11 is 1.90. The van der Waals surface area contributed by atoms with E-state index in [1.807, 2.05) is 11.3 Å². The molecule has 2 atom stereocenters. The number of hydrogen-bond donors (Lipinski definition) is 1. The van der Waals surface area contributed by atoms with Crippen LogP contribution in [0.5, 0.6) is 0 Å². The molecule has 100 valence electrons. The molecule has 0 aromatic carbocycles. The van der Waals surface area contributed by atoms with E-state index < -0.39 is 0 Å². The van der Waals surface area contributed by atoms with Crippen LogP contribution in [0.1, 0.15) is 37.0 Å². The largest absolute Gasteiger partial charge is 0.317 e. The summed E-state index contributed by atoms with van der Waals surface area (Å²) < 4.78 is 0. The zero-order chi connectivity index (χ0) is 12.4. The highest BCUT2D eigenvalue weighted by Gasteiger charge is 2.34. The number of thiophene rings is 1. The van der Waals surface area contributed by atoms with Gasteiger partial charge in [0, 0.05) is 30.1 Å². The van der Waals surface area contributed by atoms with Gasteiger partial charge in [0.05, 0.1) is 0 Å². The zero-order valence-electron chi connectivity index (χ0n) is 11.3. The molecule has 2 aliphatic carbocycles. The maximum atomic E-state index is 3.51. The van der Waals surface area contributed by atoms with Crippen molar-refractivity contribution in [3.05, 3.63) is 22.4 Å². The van der Waals surface area contributed by atoms with Crippen LogP contribution in [0.25, 0.3) is 0 Å². The topological polar surface area (TPSA) is 15.3 Å². The smallest absolute Gasteiger partial charge is 0.0330 e. The Morgan fingerprint density at radius 2 is 2.22 bits per heavy atom. The Morgan fingerprint density at radius 3 is 2.89 bits per heavy atom. The van der Waals surface area contributed by atoms with Crippen molar-refractivity contribution in [1.82, 2.24) is 10.2 Å². The molecule has 2 aliphatic rings. The maximum Gasteiger partial charge on any atom is 0.0330 e. The first-order valence-corrected chi connectivity index (χ1v) is 8.18. The van der Waals surface area contributed by atoms with Gasteiger partial charge in [0.25, 0.3) is 0 Å². The third kappa shape index (κ3) is 2.95. The molecule has 2 nitrogen and oxygen atoms in total. The Labute approximate surface area is 114 Å². The highest BCUT2D eigenvalue weighted by molar-refractivity contribution is 7.09. The molecule has 0 aliphatic heterocycles. The second-order valence-corrected chi connectivity index (χ2v) is 6.86. The molecule has 0 radical (unpaired) electrons. The van der Waals surface area contributed by atoms with Crippen molar-refractivity contribution in [3.8, 4) is 0 Å². The van der Waals surface area contributed by atoms with Crippen molar-refractivity contribution in [3.63, 3.8) is 0 Å². The van der Waals surface area contributed by atoms with Gasteiger partial charge in [0.15, 0.2) is 0 Å². The molecule has 3 heteroatoms. The lowest BCUT2D eigenvalue weighted by molar-refractivity contribution is 0.201. The predicted molar refractivity (Wildman–Crippen MR) is 77.9 cm³/mol. The summed E-state index contributed by atoms with van der Waals surface area (Å²) in [5, 5.41) is 5.71. The van der Waals surface area contributed by atoms with E-state index in [1.54, 1.807) is 0 Å². The van der Waals surface area contributed by atoms with Crippen molar-refractivity contribution in [2.45, 2.75) is 50.7 Å². The van der Waals surface area contributed by atoms with Gasteiger partial charge in [-0.3, -0.25) is 4.90 Å². The average Bonchev–Trinajstić information content (AvgIpc) is 2.92. The lowest BCUT2D eigenvalue weighted by atomic mass is 10.0. The van der Waals surface area contributed by atoms with Gasteiger partial charge >= 0.3 is 0 Å². The van der Waals surface area contributed by atoms with Gasteiger partial charge in [0.1, 0.15) is 0 Å². The van der Waals surface area contributed by atoms with Gasteiger partial charge in [-0.2, -0.15) is 0 Å². The normalized spacial score (nSPS) is 28.1. The summed E-state index contributed by atoms with van der Waals surface area (Å²) in [6.45, 7) is 2.48. The summed E-state index contributed by atoms with van der Waals surface area (Å²) in [6.07, 6.45) is 7.04. The Balaban J connectivity index is 1.60. The molecule has 2 fully saturated rings. The number of hydrogen-bond acceptors (Lipinski definition) is 3. The van der Waals surface area contributed by atoms with E-state index >= 15 is 0 Å². The maximum absolute atomic E-state index is 3.51. The Morgan fingerprint density at radius 1 is 1.33 bits per heavy atom. The standard InChI is InChI=1S/C15H24N2S/c1-16-15-6-2-4-12(15)10-17(13-7-8-13)11-14-5-3-9-18-14/h3,5,9,12-13,15-16H,2,4,6-8,10-11H2,1H3. The molecule has 1 heterocycles. The van der Waals surface area contributed by atoms with Crippen LogP contribution < -0.4 is 5.32 Å². The van der Waals surface area contributed by atoms with Gasteiger partial charge in [-0.15, -0.1) is 11.3 Å². The molecule has 3 rings (SSSR count). The predicted octanol–water partition coefficient (Wildman–Crippen LogP) is 3.10. The minimum Gasteiger partial charge on any atom is -0.317 e. The van der Waals surface area contributed by atoms with Gasteiger partial charge < -0.3 is 5.32 Å². The summed E-state index contributed by atoms with van der Waals surface area (Å²) in [6, 6.07) is 6.10. The lowest BCUT2D eigenvalue weighted by Gasteiger charge is -2.28. The second-order valence-electron chi connectivity index (χ2n) is 5.83. The fraction of sp³-hybridized carbons (Fsp3) is 0.733. The highest BCUT2D eigenvalue weighted by atomic mass is 32.1. The highest BCUT2D eigenvalue weighted by Crippen LogP contribution is 2.33. The second kappa shape index (κ2) is 5.72. The van der Waals surface area contributed by atoms with Crippen molar-refractivity contribution in [2.24, 2.45) is 5.92 Å². The first kappa shape index (κ1) is 12.6. The van der Waals surface area contributed by atoms with Gasteiger partial charge in [-0.1, -0.05) is 12.5 Å². The van der Waals surface area contributed by atoms with Crippen LogP contribution in [0.2, 0.25) is 0 Å². The third-order valence-electron chi connectivity index (χ3n) is 4.50. The van der Waals surface area contributed by atoms with E-state index in [9.17, 15) is 0 Å². The van der Waals surface area contributed by atoms with E-state index in [0.29, 0.717) is 0 Å². The molecular formula is C15H24N2S. The molecule has 1 aromatic heterocycles. The van der Waals surface area contributed by atoms with Crippen molar-refractivity contribution >= 4 is 11.3 Å². The minimum atomic E-state index is 0.759. The van der Waals surface area contributed by atoms with Crippen LogP contribution in [-0.2, 0) is 6.54 Å². The molecule has 0 spiro atoms. The van der Waals surface area contributed by atoms with Crippen molar-refractivity contribution < 1.29 is 0 Å². The van der Waals surface area contributed by atoms with Gasteiger partial charge in [-0.05, 0) is 50.1 Å². The van der Waals surface area contributed by atoms with E-state index in [2.05, 4.69) is 34.8 Å². The van der Waals surface area contributed by atoms with E-state index in [0.717, 1.165) is 18.0 Å². The van der Waals surface area contributed by atoms with Crippen molar-refractivity contribution in [1.29, 1.82) is 0 Å². The number of rotatable bonds is 6. The Bertz CT molecular complexity index is 359. The van der Waals surface area contributed by atoms with Crippen LogP contribution in [0, 0.1) is 5.92 Å². The van der Waals surface area contributed by atoms with Crippen LogP contribution >= 0.6 is 11.3 Å². The Kier molecular flexibility index (Phi) is 4.02. The minimum absolute atomic E-state index is 0.759. The summed E-state index contributed by atoms with van der Waals surface area (Å²) in [5.41, 5.74) is 0. The molecule has 2 unspecified atom stereocenters. The van der Waals surface area contributed by atoms with E-state index in [4.69, 9.17) is 0 Å². The molecule has 2 saturated carbocycles. The molecule has 18 heavy (non-hydrogen) atoms. The molecular weight excluding hydrogens is 240 g/mol. The van der Waals surface area contributed by atoms with E-state index in [1.165, 1.54) is 50.1 Å². The lowest BCUT2D eigenvalue weighted by Crippen LogP contribution is -2.38. The Hall–Kier alpha value is -0.380. The van der Waals surface area contributed by atoms with Crippen LogP contribution in [-0.4, -0.2) is 30.6 Å². The molecule has 0 bridgehead atoms. The SMILES string of the molecule is CNC1CCCC1CN(Cc1cccs1)C1CC1. The fourth-order valence-electron chi connectivity index (χ4n) is 3.32. The number of nitrogens with zero attached hydrogens (tertiary/aromatic N) is 1. The van der Waals surface area contributed by atoms with Crippen LogP contribution in [0.4, 0.5) is 0 Å².